The van der Waals surface area contributed by atoms with Gasteiger partial charge in [-0.2, -0.15) is 0 Å². The van der Waals surface area contributed by atoms with Crippen molar-refractivity contribution in [3.63, 3.8) is 0 Å². The number of benzene rings is 1. The van der Waals surface area contributed by atoms with Crippen LogP contribution in [0.15, 0.2) is 35.2 Å². The standard InChI is InChI=1S/C15H17NO2S/c1-16-15(10-6-3-7-11-15)18-14(17)12-19-13-8-4-2-5-9-13/h2,4-5,8-9H,3,6-7,10-12H2. The van der Waals surface area contributed by atoms with E-state index in [-0.39, 0.29) is 11.7 Å². The van der Waals surface area contributed by atoms with Gasteiger partial charge in [0.15, 0.2) is 0 Å². The molecule has 100 valence electrons. The smallest absolute Gasteiger partial charge is 0.377 e. The average Bonchev–Trinajstić information content (AvgIpc) is 2.47. The molecule has 1 aliphatic carbocycles. The molecule has 0 aromatic heterocycles. The third-order valence-corrected chi connectivity index (χ3v) is 4.23. The van der Waals surface area contributed by atoms with E-state index in [1.54, 1.807) is 0 Å². The van der Waals surface area contributed by atoms with Gasteiger partial charge in [-0.3, -0.25) is 9.64 Å². The van der Waals surface area contributed by atoms with Crippen molar-refractivity contribution < 1.29 is 9.53 Å². The monoisotopic (exact) mass is 275 g/mol. The molecule has 1 aromatic rings. The summed E-state index contributed by atoms with van der Waals surface area (Å²) in [7, 11) is 0. The fraction of sp³-hybridized carbons (Fsp3) is 0.467. The van der Waals surface area contributed by atoms with Crippen molar-refractivity contribution in [2.24, 2.45) is 0 Å². The van der Waals surface area contributed by atoms with Crippen LogP contribution in [0.4, 0.5) is 0 Å². The Labute approximate surface area is 118 Å². The third-order valence-electron chi connectivity index (χ3n) is 3.24. The second kappa shape index (κ2) is 6.63. The van der Waals surface area contributed by atoms with Crippen LogP contribution in [0.5, 0.6) is 0 Å². The van der Waals surface area contributed by atoms with Crippen molar-refractivity contribution in [1.82, 2.24) is 0 Å². The molecule has 0 radical (unpaired) electrons. The van der Waals surface area contributed by atoms with E-state index >= 15 is 0 Å². The molecule has 0 atom stereocenters. The molecule has 0 saturated heterocycles. The molecule has 1 aromatic carbocycles. The van der Waals surface area contributed by atoms with Gasteiger partial charge in [0, 0.05) is 4.90 Å². The number of nitrogens with zero attached hydrogens (tertiary/aromatic N) is 1. The first-order chi connectivity index (χ1) is 9.24. The SMILES string of the molecule is [C-]#[N+]C1(OC(=O)CSc2ccccc2)CCCCC1. The molecule has 0 spiro atoms. The van der Waals surface area contributed by atoms with Gasteiger partial charge < -0.3 is 4.74 Å². The molecular weight excluding hydrogens is 258 g/mol. The zero-order valence-electron chi connectivity index (χ0n) is 10.8. The molecule has 0 unspecified atom stereocenters. The minimum Gasteiger partial charge on any atom is -0.388 e. The maximum atomic E-state index is 11.9. The van der Waals surface area contributed by atoms with Crippen molar-refractivity contribution in [3.8, 4) is 0 Å². The van der Waals surface area contributed by atoms with Crippen LogP contribution in [-0.4, -0.2) is 17.4 Å². The number of esters is 1. The molecule has 19 heavy (non-hydrogen) atoms. The first-order valence-electron chi connectivity index (χ1n) is 6.52. The number of carbonyl (C=O) groups excluding carboxylic acids is 1. The molecule has 4 heteroatoms. The number of ether oxygens (including phenoxy) is 1. The summed E-state index contributed by atoms with van der Waals surface area (Å²) < 4.78 is 5.44. The molecule has 0 bridgehead atoms. The lowest BCUT2D eigenvalue weighted by molar-refractivity contribution is -0.154. The maximum absolute atomic E-state index is 11.9. The third kappa shape index (κ3) is 4.00. The Morgan fingerprint density at radius 2 is 1.95 bits per heavy atom. The van der Waals surface area contributed by atoms with Crippen LogP contribution in [0.1, 0.15) is 32.1 Å². The van der Waals surface area contributed by atoms with Crippen molar-refractivity contribution in [2.45, 2.75) is 42.7 Å². The molecule has 1 aliphatic rings. The Kier molecular flexibility index (Phi) is 4.86. The summed E-state index contributed by atoms with van der Waals surface area (Å²) in [5.74, 6) is -0.0203. The highest BCUT2D eigenvalue weighted by Crippen LogP contribution is 2.33. The number of hydrogen-bond donors (Lipinski definition) is 0. The van der Waals surface area contributed by atoms with Crippen LogP contribution >= 0.6 is 11.8 Å². The van der Waals surface area contributed by atoms with E-state index < -0.39 is 5.72 Å². The van der Waals surface area contributed by atoms with Crippen LogP contribution in [0.3, 0.4) is 0 Å². The molecule has 0 amide bonds. The lowest BCUT2D eigenvalue weighted by Crippen LogP contribution is -2.34. The van der Waals surface area contributed by atoms with Gasteiger partial charge in [-0.05, 0) is 25.0 Å². The minimum atomic E-state index is -0.882. The molecule has 0 aliphatic heterocycles. The molecule has 1 fully saturated rings. The lowest BCUT2D eigenvalue weighted by Gasteiger charge is -2.25. The van der Waals surface area contributed by atoms with Crippen LogP contribution in [0.2, 0.25) is 0 Å². The van der Waals surface area contributed by atoms with Gasteiger partial charge in [-0.25, -0.2) is 6.57 Å². The average molecular weight is 275 g/mol. The first kappa shape index (κ1) is 14.0. The van der Waals surface area contributed by atoms with Crippen molar-refractivity contribution >= 4 is 17.7 Å². The predicted molar refractivity (Wildman–Crippen MR) is 75.7 cm³/mol. The van der Waals surface area contributed by atoms with E-state index in [4.69, 9.17) is 11.3 Å². The molecular formula is C15H17NO2S. The quantitative estimate of drug-likeness (QED) is 0.474. The van der Waals surface area contributed by atoms with E-state index in [0.717, 1.165) is 24.2 Å². The van der Waals surface area contributed by atoms with E-state index in [1.165, 1.54) is 11.8 Å². The van der Waals surface area contributed by atoms with Crippen molar-refractivity contribution in [3.05, 3.63) is 41.7 Å². The van der Waals surface area contributed by atoms with Crippen LogP contribution in [0.25, 0.3) is 4.85 Å². The lowest BCUT2D eigenvalue weighted by atomic mass is 9.92. The van der Waals surface area contributed by atoms with Gasteiger partial charge in [0.1, 0.15) is 0 Å². The van der Waals surface area contributed by atoms with E-state index in [9.17, 15) is 4.79 Å². The van der Waals surface area contributed by atoms with Crippen molar-refractivity contribution in [2.75, 3.05) is 5.75 Å². The summed E-state index contributed by atoms with van der Waals surface area (Å²) in [4.78, 5) is 16.5. The summed E-state index contributed by atoms with van der Waals surface area (Å²) >= 11 is 1.45. The highest BCUT2D eigenvalue weighted by atomic mass is 32.2. The minimum absolute atomic E-state index is 0.265. The fourth-order valence-electron chi connectivity index (χ4n) is 2.24. The zero-order chi connectivity index (χ0) is 13.6. The Balaban J connectivity index is 1.85. The van der Waals surface area contributed by atoms with Crippen molar-refractivity contribution in [1.29, 1.82) is 0 Å². The predicted octanol–water partition coefficient (Wildman–Crippen LogP) is 3.90. The summed E-state index contributed by atoms with van der Waals surface area (Å²) in [5.41, 5.74) is -0.882. The first-order valence-corrected chi connectivity index (χ1v) is 7.51. The summed E-state index contributed by atoms with van der Waals surface area (Å²) in [6.07, 6.45) is 4.44. The van der Waals surface area contributed by atoms with E-state index in [1.807, 2.05) is 30.3 Å². The van der Waals surface area contributed by atoms with Crippen LogP contribution in [-0.2, 0) is 9.53 Å². The summed E-state index contributed by atoms with van der Waals surface area (Å²) in [6.45, 7) is 7.28. The number of rotatable bonds is 4. The molecule has 2 rings (SSSR count). The molecule has 0 N–H and O–H groups in total. The number of carbonyl (C=O) groups is 1. The van der Waals surface area contributed by atoms with Gasteiger partial charge >= 0.3 is 11.7 Å². The largest absolute Gasteiger partial charge is 0.388 e. The molecule has 3 nitrogen and oxygen atoms in total. The second-order valence-corrected chi connectivity index (χ2v) is 5.74. The highest BCUT2D eigenvalue weighted by Gasteiger charge is 2.42. The number of thioether (sulfide) groups is 1. The normalized spacial score (nSPS) is 17.4. The van der Waals surface area contributed by atoms with Crippen LogP contribution in [0, 0.1) is 6.57 Å². The summed E-state index contributed by atoms with van der Waals surface area (Å²) in [6, 6.07) is 9.75. The molecule has 0 heterocycles. The van der Waals surface area contributed by atoms with E-state index in [2.05, 4.69) is 4.85 Å². The van der Waals surface area contributed by atoms with Gasteiger partial charge in [0.2, 0.25) is 0 Å². The fourth-order valence-corrected chi connectivity index (χ4v) is 2.93. The molecule has 1 saturated carbocycles. The van der Waals surface area contributed by atoms with Gasteiger partial charge in [-0.1, -0.05) is 24.6 Å². The zero-order valence-corrected chi connectivity index (χ0v) is 11.6. The van der Waals surface area contributed by atoms with Gasteiger partial charge in [0.25, 0.3) is 0 Å². The summed E-state index contributed by atoms with van der Waals surface area (Å²) in [5, 5.41) is 0. The van der Waals surface area contributed by atoms with E-state index in [0.29, 0.717) is 12.8 Å². The Morgan fingerprint density at radius 3 is 2.58 bits per heavy atom. The maximum Gasteiger partial charge on any atom is 0.377 e. The Hall–Kier alpha value is -1.47. The Morgan fingerprint density at radius 1 is 1.26 bits per heavy atom. The highest BCUT2D eigenvalue weighted by molar-refractivity contribution is 8.00. The topological polar surface area (TPSA) is 30.7 Å². The van der Waals surface area contributed by atoms with Gasteiger partial charge in [0.05, 0.1) is 18.6 Å². The Bertz CT molecular complexity index is 461. The van der Waals surface area contributed by atoms with Gasteiger partial charge in [-0.15, -0.1) is 11.8 Å². The number of hydrogen-bond acceptors (Lipinski definition) is 3. The van der Waals surface area contributed by atoms with Crippen LogP contribution < -0.4 is 0 Å². The second-order valence-electron chi connectivity index (χ2n) is 4.69.